The average molecular weight is 355 g/mol. The molecule has 2 rings (SSSR count). The van der Waals surface area contributed by atoms with E-state index in [0.29, 0.717) is 5.02 Å². The molecule has 0 aliphatic carbocycles. The van der Waals surface area contributed by atoms with Crippen molar-refractivity contribution in [2.75, 3.05) is 0 Å². The molecule has 0 saturated carbocycles. The fourth-order valence-electron chi connectivity index (χ4n) is 1.85. The van der Waals surface area contributed by atoms with Crippen LogP contribution in [0.3, 0.4) is 0 Å². The van der Waals surface area contributed by atoms with E-state index in [2.05, 4.69) is 10.5 Å². The standard InChI is InChI=1S/C15H12Cl2N2O4/c1-7-5-12(20)13(15(22)23-7)8(2)18-19-14(21)10-4-3-9(16)6-11(10)17/h3-6,20H,1-2H3,(H,19,21)/b18-8+. The third-order valence-electron chi connectivity index (χ3n) is 2.92. The predicted octanol–water partition coefficient (Wildman–Crippen LogP) is 3.11. The van der Waals surface area contributed by atoms with Crippen LogP contribution in [-0.4, -0.2) is 16.7 Å². The fourth-order valence-corrected chi connectivity index (χ4v) is 2.35. The van der Waals surface area contributed by atoms with Crippen molar-refractivity contribution < 1.29 is 14.3 Å². The first-order valence-electron chi connectivity index (χ1n) is 6.43. The number of aromatic hydroxyl groups is 1. The first-order valence-corrected chi connectivity index (χ1v) is 7.19. The molecule has 1 amide bonds. The van der Waals surface area contributed by atoms with Crippen LogP contribution < -0.4 is 11.1 Å². The van der Waals surface area contributed by atoms with Gasteiger partial charge in [-0.15, -0.1) is 0 Å². The topological polar surface area (TPSA) is 91.9 Å². The van der Waals surface area contributed by atoms with Gasteiger partial charge in [-0.25, -0.2) is 10.2 Å². The highest BCUT2D eigenvalue weighted by Gasteiger charge is 2.14. The number of carbonyl (C=O) groups excluding carboxylic acids is 1. The van der Waals surface area contributed by atoms with Gasteiger partial charge in [-0.1, -0.05) is 23.2 Å². The Labute approximate surface area is 141 Å². The Balaban J connectivity index is 2.26. The van der Waals surface area contributed by atoms with Crippen molar-refractivity contribution >= 4 is 34.8 Å². The number of hydrogen-bond donors (Lipinski definition) is 2. The van der Waals surface area contributed by atoms with Gasteiger partial charge in [0.15, 0.2) is 0 Å². The number of benzene rings is 1. The Morgan fingerprint density at radius 1 is 1.30 bits per heavy atom. The predicted molar refractivity (Wildman–Crippen MR) is 87.5 cm³/mol. The fraction of sp³-hybridized carbons (Fsp3) is 0.133. The zero-order chi connectivity index (χ0) is 17.1. The van der Waals surface area contributed by atoms with Gasteiger partial charge < -0.3 is 9.52 Å². The zero-order valence-corrected chi connectivity index (χ0v) is 13.7. The Morgan fingerprint density at radius 2 is 2.00 bits per heavy atom. The van der Waals surface area contributed by atoms with E-state index in [9.17, 15) is 14.7 Å². The number of aryl methyl sites for hydroxylation is 1. The monoisotopic (exact) mass is 354 g/mol. The zero-order valence-electron chi connectivity index (χ0n) is 12.2. The van der Waals surface area contributed by atoms with Crippen LogP contribution in [0.2, 0.25) is 10.0 Å². The van der Waals surface area contributed by atoms with E-state index < -0.39 is 11.5 Å². The molecule has 0 atom stereocenters. The maximum atomic E-state index is 12.0. The van der Waals surface area contributed by atoms with Crippen LogP contribution in [0.4, 0.5) is 0 Å². The Hall–Kier alpha value is -2.31. The number of hydrogen-bond acceptors (Lipinski definition) is 5. The summed E-state index contributed by atoms with van der Waals surface area (Å²) in [5.41, 5.74) is 1.65. The first-order chi connectivity index (χ1) is 10.8. The summed E-state index contributed by atoms with van der Waals surface area (Å²) in [4.78, 5) is 23.8. The molecule has 1 aromatic carbocycles. The smallest absolute Gasteiger partial charge is 0.348 e. The van der Waals surface area contributed by atoms with Crippen molar-refractivity contribution in [2.45, 2.75) is 13.8 Å². The second kappa shape index (κ2) is 6.85. The second-order valence-corrected chi connectivity index (χ2v) is 5.51. The molecule has 0 spiro atoms. The van der Waals surface area contributed by atoms with Crippen LogP contribution in [0.5, 0.6) is 5.75 Å². The first kappa shape index (κ1) is 17.1. The summed E-state index contributed by atoms with van der Waals surface area (Å²) in [5, 5.41) is 14.2. The highest BCUT2D eigenvalue weighted by molar-refractivity contribution is 6.36. The number of nitrogens with zero attached hydrogens (tertiary/aromatic N) is 1. The molecule has 2 aromatic rings. The van der Waals surface area contributed by atoms with Crippen LogP contribution in [0.1, 0.15) is 28.6 Å². The SMILES string of the molecule is C/C(=N\NC(=O)c1ccc(Cl)cc1Cl)c1c(O)cc(C)oc1=O. The summed E-state index contributed by atoms with van der Waals surface area (Å²) < 4.78 is 4.89. The number of carbonyl (C=O) groups is 1. The molecule has 0 fully saturated rings. The minimum atomic E-state index is -0.748. The molecule has 120 valence electrons. The van der Waals surface area contributed by atoms with E-state index in [-0.39, 0.29) is 33.4 Å². The number of amides is 1. The van der Waals surface area contributed by atoms with Crippen molar-refractivity contribution in [1.29, 1.82) is 0 Å². The molecule has 0 aliphatic rings. The lowest BCUT2D eigenvalue weighted by atomic mass is 10.2. The quantitative estimate of drug-likeness (QED) is 0.654. The summed E-state index contributed by atoms with van der Waals surface area (Å²) in [6.45, 7) is 2.98. The van der Waals surface area contributed by atoms with Gasteiger partial charge in [0.05, 0.1) is 16.3 Å². The third-order valence-corrected chi connectivity index (χ3v) is 3.46. The maximum absolute atomic E-state index is 12.0. The van der Waals surface area contributed by atoms with E-state index in [1.165, 1.54) is 38.1 Å². The van der Waals surface area contributed by atoms with Crippen LogP contribution in [0, 0.1) is 6.92 Å². The van der Waals surface area contributed by atoms with Gasteiger partial charge in [-0.05, 0) is 32.0 Å². The Bertz CT molecular complexity index is 859. The minimum absolute atomic E-state index is 0.0923. The second-order valence-electron chi connectivity index (χ2n) is 4.67. The molecule has 8 heteroatoms. The van der Waals surface area contributed by atoms with E-state index in [0.717, 1.165) is 0 Å². The maximum Gasteiger partial charge on any atom is 0.348 e. The molecular formula is C15H12Cl2N2O4. The van der Waals surface area contributed by atoms with Gasteiger partial charge in [-0.3, -0.25) is 4.79 Å². The lowest BCUT2D eigenvalue weighted by Gasteiger charge is -2.06. The van der Waals surface area contributed by atoms with Crippen molar-refractivity contribution in [2.24, 2.45) is 5.10 Å². The molecule has 0 aliphatic heterocycles. The molecule has 23 heavy (non-hydrogen) atoms. The molecule has 6 nitrogen and oxygen atoms in total. The van der Waals surface area contributed by atoms with Crippen molar-refractivity contribution in [3.63, 3.8) is 0 Å². The summed E-state index contributed by atoms with van der Waals surface area (Å²) in [6, 6.07) is 5.67. The van der Waals surface area contributed by atoms with Gasteiger partial charge >= 0.3 is 5.63 Å². The molecule has 0 bridgehead atoms. The number of nitrogens with one attached hydrogen (secondary N) is 1. The number of hydrazone groups is 1. The molecule has 1 aromatic heterocycles. The summed E-state index contributed by atoms with van der Waals surface area (Å²) in [7, 11) is 0. The molecule has 0 saturated heterocycles. The number of rotatable bonds is 3. The van der Waals surface area contributed by atoms with Gasteiger partial charge in [-0.2, -0.15) is 5.10 Å². The lowest BCUT2D eigenvalue weighted by Crippen LogP contribution is -2.22. The van der Waals surface area contributed by atoms with Crippen molar-refractivity contribution in [1.82, 2.24) is 5.43 Å². The highest BCUT2D eigenvalue weighted by atomic mass is 35.5. The minimum Gasteiger partial charge on any atom is -0.507 e. The van der Waals surface area contributed by atoms with Gasteiger partial charge in [0.1, 0.15) is 17.1 Å². The summed E-state index contributed by atoms with van der Waals surface area (Å²) in [5.74, 6) is -0.596. The van der Waals surface area contributed by atoms with Gasteiger partial charge in [0.2, 0.25) is 0 Å². The molecular weight excluding hydrogens is 343 g/mol. The Morgan fingerprint density at radius 3 is 2.61 bits per heavy atom. The average Bonchev–Trinajstić information content (AvgIpc) is 2.43. The van der Waals surface area contributed by atoms with Crippen molar-refractivity contribution in [3.8, 4) is 5.75 Å². The van der Waals surface area contributed by atoms with E-state index >= 15 is 0 Å². The highest BCUT2D eigenvalue weighted by Crippen LogP contribution is 2.21. The molecule has 0 radical (unpaired) electrons. The molecule has 1 heterocycles. The molecule has 0 unspecified atom stereocenters. The van der Waals surface area contributed by atoms with Crippen LogP contribution in [0.15, 0.2) is 38.6 Å². The summed E-state index contributed by atoms with van der Waals surface area (Å²) >= 11 is 11.7. The summed E-state index contributed by atoms with van der Waals surface area (Å²) in [6.07, 6.45) is 0. The van der Waals surface area contributed by atoms with Crippen LogP contribution in [-0.2, 0) is 0 Å². The van der Waals surface area contributed by atoms with E-state index in [4.69, 9.17) is 27.6 Å². The third kappa shape index (κ3) is 3.91. The molecule has 2 N–H and O–H groups in total. The van der Waals surface area contributed by atoms with E-state index in [1.54, 1.807) is 0 Å². The Kier molecular flexibility index (Phi) is 5.08. The lowest BCUT2D eigenvalue weighted by molar-refractivity contribution is 0.0955. The van der Waals surface area contributed by atoms with Crippen LogP contribution >= 0.6 is 23.2 Å². The van der Waals surface area contributed by atoms with Gasteiger partial charge in [0, 0.05) is 11.1 Å². The van der Waals surface area contributed by atoms with Crippen LogP contribution in [0.25, 0.3) is 0 Å². The van der Waals surface area contributed by atoms with E-state index in [1.807, 2.05) is 0 Å². The largest absolute Gasteiger partial charge is 0.507 e. The number of halogens is 2. The van der Waals surface area contributed by atoms with Crippen molar-refractivity contribution in [3.05, 3.63) is 61.6 Å². The normalized spacial score (nSPS) is 11.4. The van der Waals surface area contributed by atoms with Gasteiger partial charge in [0.25, 0.3) is 5.91 Å².